The molecule has 4 N–H and O–H groups in total. The number of aryl methyl sites for hydroxylation is 2. The van der Waals surface area contributed by atoms with Crippen LogP contribution in [-0.4, -0.2) is 31.9 Å². The minimum atomic E-state index is -0.0703. The molecule has 0 radical (unpaired) electrons. The second-order valence-corrected chi connectivity index (χ2v) is 6.43. The van der Waals surface area contributed by atoms with Crippen molar-refractivity contribution in [2.75, 3.05) is 5.32 Å². The van der Waals surface area contributed by atoms with Crippen LogP contribution in [0.25, 0.3) is 11.0 Å². The Morgan fingerprint density at radius 2 is 2.19 bits per heavy atom. The van der Waals surface area contributed by atoms with Gasteiger partial charge in [0.1, 0.15) is 5.82 Å². The standard InChI is InChI=1S/C14H20N6O/c1-6-9-12(17-18-13(9)20(2)19-6)16-14(21)10-7-3-4-8(5-7)11(10)15/h7-8,10-11H,3-5,15H2,1-2H3,(H2,16,17,18,21). The number of carbonyl (C=O) groups excluding carboxylic acids is 1. The maximum absolute atomic E-state index is 12.6. The van der Waals surface area contributed by atoms with Crippen LogP contribution in [0.1, 0.15) is 25.0 Å². The average Bonchev–Trinajstić information content (AvgIpc) is 3.14. The van der Waals surface area contributed by atoms with Crippen LogP contribution >= 0.6 is 0 Å². The van der Waals surface area contributed by atoms with Crippen LogP contribution in [0.2, 0.25) is 0 Å². The van der Waals surface area contributed by atoms with Gasteiger partial charge in [-0.2, -0.15) is 10.2 Å². The second kappa shape index (κ2) is 4.30. The predicted molar refractivity (Wildman–Crippen MR) is 78.5 cm³/mol. The van der Waals surface area contributed by atoms with Crippen LogP contribution in [0.4, 0.5) is 5.82 Å². The van der Waals surface area contributed by atoms with Gasteiger partial charge in [0.15, 0.2) is 5.65 Å². The summed E-state index contributed by atoms with van der Waals surface area (Å²) in [5.41, 5.74) is 7.84. The molecule has 0 saturated heterocycles. The quantitative estimate of drug-likeness (QED) is 0.764. The number of fused-ring (bicyclic) bond motifs is 3. The Labute approximate surface area is 122 Å². The van der Waals surface area contributed by atoms with Crippen molar-refractivity contribution in [1.82, 2.24) is 20.0 Å². The summed E-state index contributed by atoms with van der Waals surface area (Å²) in [7, 11) is 1.84. The van der Waals surface area contributed by atoms with E-state index in [0.29, 0.717) is 17.7 Å². The number of hydrogen-bond donors (Lipinski definition) is 3. The van der Waals surface area contributed by atoms with E-state index in [1.165, 1.54) is 6.42 Å². The number of anilines is 1. The van der Waals surface area contributed by atoms with Gasteiger partial charge in [0.05, 0.1) is 17.0 Å². The van der Waals surface area contributed by atoms with E-state index in [-0.39, 0.29) is 17.9 Å². The summed E-state index contributed by atoms with van der Waals surface area (Å²) in [6.07, 6.45) is 3.40. The molecule has 2 bridgehead atoms. The first-order chi connectivity index (χ1) is 10.1. The fourth-order valence-corrected chi connectivity index (χ4v) is 4.25. The zero-order chi connectivity index (χ0) is 14.7. The molecule has 2 heterocycles. The number of H-pyrrole nitrogens is 1. The molecule has 7 heteroatoms. The molecule has 0 aromatic carbocycles. The van der Waals surface area contributed by atoms with E-state index in [4.69, 9.17) is 5.73 Å². The summed E-state index contributed by atoms with van der Waals surface area (Å²) in [6.45, 7) is 1.91. The highest BCUT2D eigenvalue weighted by atomic mass is 16.2. The van der Waals surface area contributed by atoms with Crippen molar-refractivity contribution in [1.29, 1.82) is 0 Å². The second-order valence-electron chi connectivity index (χ2n) is 6.43. The Kier molecular flexibility index (Phi) is 2.63. The lowest BCUT2D eigenvalue weighted by atomic mass is 9.84. The molecule has 2 aliphatic carbocycles. The molecule has 2 aromatic heterocycles. The number of nitrogens with one attached hydrogen (secondary N) is 2. The lowest BCUT2D eigenvalue weighted by Crippen LogP contribution is -2.42. The van der Waals surface area contributed by atoms with Gasteiger partial charge in [-0.25, -0.2) is 4.68 Å². The van der Waals surface area contributed by atoms with E-state index < -0.39 is 0 Å². The number of aromatic amines is 1. The molecule has 2 saturated carbocycles. The van der Waals surface area contributed by atoms with Crippen LogP contribution in [-0.2, 0) is 11.8 Å². The van der Waals surface area contributed by atoms with Gasteiger partial charge in [0.2, 0.25) is 5.91 Å². The highest BCUT2D eigenvalue weighted by Gasteiger charge is 2.49. The van der Waals surface area contributed by atoms with Gasteiger partial charge >= 0.3 is 0 Å². The Morgan fingerprint density at radius 1 is 1.43 bits per heavy atom. The van der Waals surface area contributed by atoms with Gasteiger partial charge in [-0.15, -0.1) is 0 Å². The molecule has 2 aliphatic rings. The van der Waals surface area contributed by atoms with E-state index in [1.54, 1.807) is 4.68 Å². The van der Waals surface area contributed by atoms with Crippen LogP contribution in [0.15, 0.2) is 0 Å². The number of carbonyl (C=O) groups is 1. The first kappa shape index (κ1) is 12.8. The van der Waals surface area contributed by atoms with Crippen LogP contribution in [0.5, 0.6) is 0 Å². The molecule has 112 valence electrons. The van der Waals surface area contributed by atoms with Crippen molar-refractivity contribution in [2.24, 2.45) is 30.5 Å². The van der Waals surface area contributed by atoms with Gasteiger partial charge in [-0.1, -0.05) is 0 Å². The highest BCUT2D eigenvalue weighted by Crippen LogP contribution is 2.48. The smallest absolute Gasteiger partial charge is 0.230 e. The Morgan fingerprint density at radius 3 is 2.90 bits per heavy atom. The Balaban J connectivity index is 1.61. The minimum Gasteiger partial charge on any atom is -0.327 e. The van der Waals surface area contributed by atoms with Crippen LogP contribution < -0.4 is 11.1 Å². The molecule has 4 atom stereocenters. The minimum absolute atomic E-state index is 0.00263. The fourth-order valence-electron chi connectivity index (χ4n) is 4.25. The van der Waals surface area contributed by atoms with Crippen molar-refractivity contribution in [3.05, 3.63) is 5.69 Å². The summed E-state index contributed by atoms with van der Waals surface area (Å²) >= 11 is 0. The van der Waals surface area contributed by atoms with Crippen LogP contribution in [0.3, 0.4) is 0 Å². The predicted octanol–water partition coefficient (Wildman–Crippen LogP) is 0.917. The van der Waals surface area contributed by atoms with Crippen molar-refractivity contribution in [3.8, 4) is 0 Å². The van der Waals surface area contributed by atoms with Gasteiger partial charge in [0, 0.05) is 13.1 Å². The Hall–Kier alpha value is -1.89. The number of nitrogens with zero attached hydrogens (tertiary/aromatic N) is 3. The van der Waals surface area contributed by atoms with E-state index in [9.17, 15) is 4.79 Å². The van der Waals surface area contributed by atoms with Gasteiger partial charge in [0.25, 0.3) is 0 Å². The molecular weight excluding hydrogens is 268 g/mol. The molecule has 1 amide bonds. The molecule has 4 unspecified atom stereocenters. The summed E-state index contributed by atoms with van der Waals surface area (Å²) < 4.78 is 1.71. The number of hydrogen-bond acceptors (Lipinski definition) is 4. The van der Waals surface area contributed by atoms with E-state index >= 15 is 0 Å². The molecule has 7 nitrogen and oxygen atoms in total. The normalized spacial score (nSPS) is 31.2. The summed E-state index contributed by atoms with van der Waals surface area (Å²) in [4.78, 5) is 12.6. The maximum Gasteiger partial charge on any atom is 0.230 e. The Bertz CT molecular complexity index is 714. The zero-order valence-electron chi connectivity index (χ0n) is 12.3. The molecule has 2 aromatic rings. The summed E-state index contributed by atoms with van der Waals surface area (Å²) in [5, 5.41) is 15.3. The van der Waals surface area contributed by atoms with Crippen molar-refractivity contribution >= 4 is 22.8 Å². The molecule has 4 rings (SSSR count). The summed E-state index contributed by atoms with van der Waals surface area (Å²) in [5.74, 6) is 1.55. The lowest BCUT2D eigenvalue weighted by molar-refractivity contribution is -0.121. The van der Waals surface area contributed by atoms with E-state index in [2.05, 4.69) is 20.6 Å². The molecule has 2 fully saturated rings. The molecular formula is C14H20N6O. The monoisotopic (exact) mass is 288 g/mol. The third-order valence-electron chi connectivity index (χ3n) is 5.25. The van der Waals surface area contributed by atoms with E-state index in [1.807, 2.05) is 14.0 Å². The first-order valence-electron chi connectivity index (χ1n) is 7.50. The highest BCUT2D eigenvalue weighted by molar-refractivity contribution is 6.01. The summed E-state index contributed by atoms with van der Waals surface area (Å²) in [6, 6.07) is -0.00263. The number of aromatic nitrogens is 4. The first-order valence-corrected chi connectivity index (χ1v) is 7.50. The number of amides is 1. The topological polar surface area (TPSA) is 102 Å². The lowest BCUT2D eigenvalue weighted by Gasteiger charge is -2.26. The largest absolute Gasteiger partial charge is 0.327 e. The van der Waals surface area contributed by atoms with Crippen molar-refractivity contribution in [2.45, 2.75) is 32.2 Å². The van der Waals surface area contributed by atoms with Crippen LogP contribution in [0, 0.1) is 24.7 Å². The fraction of sp³-hybridized carbons (Fsp3) is 0.643. The van der Waals surface area contributed by atoms with Gasteiger partial charge in [-0.3, -0.25) is 9.89 Å². The van der Waals surface area contributed by atoms with Crippen molar-refractivity contribution < 1.29 is 4.79 Å². The molecule has 0 aliphatic heterocycles. The third kappa shape index (κ3) is 1.73. The van der Waals surface area contributed by atoms with Gasteiger partial charge < -0.3 is 11.1 Å². The SMILES string of the molecule is Cc1nn(C)c2n[nH]c(NC(=O)C3C4CCC(C4)C3N)c12. The average molecular weight is 288 g/mol. The van der Waals surface area contributed by atoms with Crippen molar-refractivity contribution in [3.63, 3.8) is 0 Å². The van der Waals surface area contributed by atoms with Gasteiger partial charge in [-0.05, 0) is 38.0 Å². The zero-order valence-corrected chi connectivity index (χ0v) is 12.3. The number of nitrogens with two attached hydrogens (primary N) is 1. The third-order valence-corrected chi connectivity index (χ3v) is 5.25. The maximum atomic E-state index is 12.6. The van der Waals surface area contributed by atoms with E-state index in [0.717, 1.165) is 29.6 Å². The molecule has 0 spiro atoms. The number of rotatable bonds is 2. The molecule has 21 heavy (non-hydrogen) atoms.